The van der Waals surface area contributed by atoms with Crippen molar-refractivity contribution in [2.75, 3.05) is 0 Å². The van der Waals surface area contributed by atoms with E-state index < -0.39 is 16.6 Å². The number of aldehydes is 1. The van der Waals surface area contributed by atoms with E-state index in [1.165, 1.54) is 10.4 Å². The lowest BCUT2D eigenvalue weighted by molar-refractivity contribution is -0.113. The van der Waals surface area contributed by atoms with Gasteiger partial charge in [0.05, 0.1) is 6.10 Å². The SMILES string of the molecule is C[C@@H](C=O)[C@H](O[Si](c1ccccc1)(c1ccccc1)C(C)(C)C)c1ccc(O[Si](C)(C)C(C)(C)C)cc1. The second-order valence-corrected chi connectivity index (χ2v) is 21.6. The third-order valence-electron chi connectivity index (χ3n) is 7.80. The lowest BCUT2D eigenvalue weighted by Crippen LogP contribution is -2.67. The van der Waals surface area contributed by atoms with E-state index in [9.17, 15) is 4.79 Å². The molecule has 0 spiro atoms. The van der Waals surface area contributed by atoms with Crippen LogP contribution >= 0.6 is 0 Å². The van der Waals surface area contributed by atoms with Crippen molar-refractivity contribution in [2.24, 2.45) is 5.92 Å². The summed E-state index contributed by atoms with van der Waals surface area (Å²) in [7, 11) is -4.79. The van der Waals surface area contributed by atoms with Crippen LogP contribution in [0.15, 0.2) is 84.9 Å². The Morgan fingerprint density at radius 2 is 1.16 bits per heavy atom. The molecule has 0 aliphatic carbocycles. The zero-order valence-corrected chi connectivity index (χ0v) is 26.0. The van der Waals surface area contributed by atoms with Crippen LogP contribution in [-0.2, 0) is 9.22 Å². The quantitative estimate of drug-likeness (QED) is 0.211. The van der Waals surface area contributed by atoms with E-state index in [2.05, 4.69) is 115 Å². The molecule has 0 heterocycles. The van der Waals surface area contributed by atoms with E-state index in [-0.39, 0.29) is 22.1 Å². The molecule has 0 saturated carbocycles. The number of carbonyl (C=O) groups excluding carboxylic acids is 1. The van der Waals surface area contributed by atoms with Gasteiger partial charge in [0, 0.05) is 5.92 Å². The first-order chi connectivity index (χ1) is 17.2. The summed E-state index contributed by atoms with van der Waals surface area (Å²) in [4.78, 5) is 12.2. The first-order valence-electron chi connectivity index (χ1n) is 13.3. The molecule has 3 aromatic rings. The molecule has 0 unspecified atom stereocenters. The Morgan fingerprint density at radius 1 is 0.703 bits per heavy atom. The van der Waals surface area contributed by atoms with Gasteiger partial charge >= 0.3 is 0 Å². The van der Waals surface area contributed by atoms with Crippen LogP contribution in [-0.4, -0.2) is 22.9 Å². The van der Waals surface area contributed by atoms with Gasteiger partial charge in [-0.15, -0.1) is 0 Å². The molecule has 198 valence electrons. The predicted molar refractivity (Wildman–Crippen MR) is 161 cm³/mol. The molecule has 0 aromatic heterocycles. The van der Waals surface area contributed by atoms with Crippen LogP contribution < -0.4 is 14.8 Å². The van der Waals surface area contributed by atoms with Gasteiger partial charge in [-0.1, -0.05) is 121 Å². The van der Waals surface area contributed by atoms with Crippen molar-refractivity contribution in [3.63, 3.8) is 0 Å². The number of hydrogen-bond acceptors (Lipinski definition) is 3. The molecule has 3 nitrogen and oxygen atoms in total. The molecule has 0 aliphatic heterocycles. The summed E-state index contributed by atoms with van der Waals surface area (Å²) in [5.74, 6) is 0.562. The summed E-state index contributed by atoms with van der Waals surface area (Å²) in [5.41, 5.74) is 0.996. The van der Waals surface area contributed by atoms with Crippen LogP contribution in [0.2, 0.25) is 23.2 Å². The highest BCUT2D eigenvalue weighted by atomic mass is 28.4. The Balaban J connectivity index is 2.11. The predicted octanol–water partition coefficient (Wildman–Crippen LogP) is 7.52. The van der Waals surface area contributed by atoms with Crippen LogP contribution in [0.3, 0.4) is 0 Å². The summed E-state index contributed by atoms with van der Waals surface area (Å²) < 4.78 is 13.9. The standard InChI is InChI=1S/C32H44O3Si2/c1-25(24-33)30(26-20-22-27(23-21-26)34-36(8,9)31(2,3)4)35-37(32(5,6)7,28-16-12-10-13-17-28)29-18-14-11-15-19-29/h10-25,30H,1-9H3/t25-,30-/m0/s1. The zero-order chi connectivity index (χ0) is 27.5. The second kappa shape index (κ2) is 11.1. The Labute approximate surface area is 226 Å². The summed E-state index contributed by atoms with van der Waals surface area (Å²) in [5, 5.41) is 2.35. The number of carbonyl (C=O) groups is 1. The molecule has 0 amide bonds. The van der Waals surface area contributed by atoms with Crippen LogP contribution in [0.4, 0.5) is 0 Å². The van der Waals surface area contributed by atoms with Gasteiger partial charge < -0.3 is 13.6 Å². The van der Waals surface area contributed by atoms with E-state index in [0.717, 1.165) is 17.6 Å². The molecule has 37 heavy (non-hydrogen) atoms. The van der Waals surface area contributed by atoms with Crippen LogP contribution in [0, 0.1) is 5.92 Å². The van der Waals surface area contributed by atoms with Crippen molar-refractivity contribution < 1.29 is 13.6 Å². The Bertz CT molecular complexity index is 1110. The lowest BCUT2D eigenvalue weighted by atomic mass is 9.99. The van der Waals surface area contributed by atoms with Crippen molar-refractivity contribution in [1.82, 2.24) is 0 Å². The molecule has 2 atom stereocenters. The summed E-state index contributed by atoms with van der Waals surface area (Å²) in [6, 6.07) is 29.4. The number of hydrogen-bond donors (Lipinski definition) is 0. The van der Waals surface area contributed by atoms with Crippen LogP contribution in [0.5, 0.6) is 5.75 Å². The summed E-state index contributed by atoms with van der Waals surface area (Å²) in [6.07, 6.45) is 0.633. The van der Waals surface area contributed by atoms with Gasteiger partial charge in [-0.3, -0.25) is 0 Å². The van der Waals surface area contributed by atoms with Gasteiger partial charge in [-0.2, -0.15) is 0 Å². The van der Waals surface area contributed by atoms with E-state index in [1.54, 1.807) is 0 Å². The fourth-order valence-electron chi connectivity index (χ4n) is 4.61. The molecule has 3 aromatic carbocycles. The van der Waals surface area contributed by atoms with Crippen molar-refractivity contribution >= 4 is 33.3 Å². The fraction of sp³-hybridized carbons (Fsp3) is 0.406. The molecule has 0 aliphatic rings. The highest BCUT2D eigenvalue weighted by Crippen LogP contribution is 2.42. The molecular weight excluding hydrogens is 489 g/mol. The topological polar surface area (TPSA) is 35.5 Å². The van der Waals surface area contributed by atoms with E-state index >= 15 is 0 Å². The maximum Gasteiger partial charge on any atom is 0.261 e. The van der Waals surface area contributed by atoms with E-state index in [4.69, 9.17) is 8.85 Å². The van der Waals surface area contributed by atoms with E-state index in [0.29, 0.717) is 0 Å². The van der Waals surface area contributed by atoms with E-state index in [1.807, 2.05) is 31.2 Å². The first-order valence-corrected chi connectivity index (χ1v) is 18.1. The monoisotopic (exact) mass is 532 g/mol. The van der Waals surface area contributed by atoms with Crippen LogP contribution in [0.1, 0.15) is 60.1 Å². The number of benzene rings is 3. The van der Waals surface area contributed by atoms with Crippen molar-refractivity contribution in [3.8, 4) is 5.75 Å². The first kappa shape index (κ1) is 29.1. The Kier molecular flexibility index (Phi) is 8.72. The summed E-state index contributed by atoms with van der Waals surface area (Å²) in [6.45, 7) is 20.0. The maximum atomic E-state index is 12.2. The molecule has 0 fully saturated rings. The smallest absolute Gasteiger partial charge is 0.261 e. The minimum atomic E-state index is -2.83. The Hall–Kier alpha value is -2.48. The van der Waals surface area contributed by atoms with Gasteiger partial charge in [0.1, 0.15) is 12.0 Å². The van der Waals surface area contributed by atoms with Crippen LogP contribution in [0.25, 0.3) is 0 Å². The summed E-state index contributed by atoms with van der Waals surface area (Å²) >= 11 is 0. The zero-order valence-electron chi connectivity index (χ0n) is 24.0. The average molecular weight is 533 g/mol. The van der Waals surface area contributed by atoms with Gasteiger partial charge in [-0.25, -0.2) is 0 Å². The normalized spacial score (nSPS) is 14.6. The maximum absolute atomic E-state index is 12.2. The largest absolute Gasteiger partial charge is 0.544 e. The highest BCUT2D eigenvalue weighted by molar-refractivity contribution is 6.99. The average Bonchev–Trinajstić information content (AvgIpc) is 2.84. The van der Waals surface area contributed by atoms with Gasteiger partial charge in [0.25, 0.3) is 8.32 Å². The number of rotatable bonds is 9. The van der Waals surface area contributed by atoms with Gasteiger partial charge in [-0.05, 0) is 51.2 Å². The second-order valence-electron chi connectivity index (χ2n) is 12.6. The minimum Gasteiger partial charge on any atom is -0.544 e. The van der Waals surface area contributed by atoms with Crippen molar-refractivity contribution in [3.05, 3.63) is 90.5 Å². The highest BCUT2D eigenvalue weighted by Gasteiger charge is 2.52. The van der Waals surface area contributed by atoms with Crippen molar-refractivity contribution in [2.45, 2.75) is 77.7 Å². The fourth-order valence-corrected chi connectivity index (χ4v) is 10.4. The van der Waals surface area contributed by atoms with Crippen molar-refractivity contribution in [1.29, 1.82) is 0 Å². The lowest BCUT2D eigenvalue weighted by Gasteiger charge is -2.46. The minimum absolute atomic E-state index is 0.118. The molecule has 0 N–H and O–H groups in total. The molecule has 0 saturated heterocycles. The third-order valence-corrected chi connectivity index (χ3v) is 17.2. The third kappa shape index (κ3) is 6.16. The molecule has 0 bridgehead atoms. The Morgan fingerprint density at radius 3 is 1.54 bits per heavy atom. The molecule has 5 heteroatoms. The van der Waals surface area contributed by atoms with Gasteiger partial charge in [0.15, 0.2) is 0 Å². The molecular formula is C32H44O3Si2. The van der Waals surface area contributed by atoms with Gasteiger partial charge in [0.2, 0.25) is 8.32 Å². The molecule has 3 rings (SSSR count). The molecule has 0 radical (unpaired) electrons.